The van der Waals surface area contributed by atoms with Gasteiger partial charge in [-0.2, -0.15) is 0 Å². The summed E-state index contributed by atoms with van der Waals surface area (Å²) >= 11 is 0. The molecule has 3 rings (SSSR count). The zero-order valence-corrected chi connectivity index (χ0v) is 14.9. The van der Waals surface area contributed by atoms with Gasteiger partial charge in [0.2, 0.25) is 5.89 Å². The second-order valence-electron chi connectivity index (χ2n) is 6.43. The smallest absolute Gasteiger partial charge is 0.338 e. The van der Waals surface area contributed by atoms with Gasteiger partial charge in [-0.1, -0.05) is 24.3 Å². The van der Waals surface area contributed by atoms with E-state index in [1.54, 1.807) is 30.3 Å². The molecule has 0 fully saturated rings. The number of carbonyl (C=O) groups is 1. The molecule has 6 nitrogen and oxygen atoms in total. The molecule has 0 bridgehead atoms. The summed E-state index contributed by atoms with van der Waals surface area (Å²) in [5.41, 5.74) is 1.85. The van der Waals surface area contributed by atoms with E-state index in [1.807, 2.05) is 32.0 Å². The minimum absolute atomic E-state index is 0.00779. The van der Waals surface area contributed by atoms with Crippen LogP contribution in [0.1, 0.15) is 34.3 Å². The van der Waals surface area contributed by atoms with Crippen molar-refractivity contribution in [3.8, 4) is 11.5 Å². The highest BCUT2D eigenvalue weighted by Crippen LogP contribution is 2.26. The quantitative estimate of drug-likeness (QED) is 0.708. The topological polar surface area (TPSA) is 85.5 Å². The zero-order valence-electron chi connectivity index (χ0n) is 14.9. The Morgan fingerprint density at radius 3 is 2.54 bits per heavy atom. The predicted octanol–water partition coefficient (Wildman–Crippen LogP) is 3.42. The molecule has 3 aromatic rings. The van der Waals surface area contributed by atoms with Gasteiger partial charge in [0.15, 0.2) is 5.60 Å². The number of hydrogen-bond donors (Lipinski definition) is 1. The lowest BCUT2D eigenvalue weighted by atomic mass is 10.1. The summed E-state index contributed by atoms with van der Waals surface area (Å²) in [6, 6.07) is 14.4. The number of aryl methyl sites for hydroxylation is 2. The zero-order chi connectivity index (χ0) is 18.7. The first kappa shape index (κ1) is 17.8. The number of hydrogen-bond acceptors (Lipinski definition) is 6. The molecule has 0 spiro atoms. The summed E-state index contributed by atoms with van der Waals surface area (Å²) in [7, 11) is 0. The van der Waals surface area contributed by atoms with Gasteiger partial charge in [-0.25, -0.2) is 4.79 Å². The number of rotatable bonds is 5. The fourth-order valence-corrected chi connectivity index (χ4v) is 2.36. The number of nitrogens with zero attached hydrogens (tertiary/aromatic N) is 2. The largest absolute Gasteiger partial charge is 0.458 e. The van der Waals surface area contributed by atoms with Crippen molar-refractivity contribution in [3.05, 3.63) is 71.1 Å². The number of carbonyl (C=O) groups excluding carboxylic acids is 1. The molecule has 6 heteroatoms. The second kappa shape index (κ2) is 7.09. The molecule has 1 N–H and O–H groups in total. The van der Waals surface area contributed by atoms with E-state index in [9.17, 15) is 9.90 Å². The lowest BCUT2D eigenvalue weighted by molar-refractivity contribution is -0.0392. The van der Waals surface area contributed by atoms with Crippen LogP contribution in [0.5, 0.6) is 0 Å². The summed E-state index contributed by atoms with van der Waals surface area (Å²) in [4.78, 5) is 12.0. The summed E-state index contributed by atoms with van der Waals surface area (Å²) < 4.78 is 10.8. The monoisotopic (exact) mass is 352 g/mol. The van der Waals surface area contributed by atoms with Crippen LogP contribution in [0.15, 0.2) is 52.9 Å². The summed E-state index contributed by atoms with van der Waals surface area (Å²) in [5, 5.41) is 18.5. The van der Waals surface area contributed by atoms with Crippen LogP contribution in [0, 0.1) is 13.8 Å². The maximum absolute atomic E-state index is 12.0. The molecule has 1 aromatic heterocycles. The second-order valence-corrected chi connectivity index (χ2v) is 6.43. The van der Waals surface area contributed by atoms with Crippen molar-refractivity contribution in [2.24, 2.45) is 0 Å². The molecule has 0 aliphatic rings. The first-order valence-corrected chi connectivity index (χ1v) is 8.23. The number of aromatic nitrogens is 2. The van der Waals surface area contributed by atoms with Crippen molar-refractivity contribution < 1.29 is 19.1 Å². The van der Waals surface area contributed by atoms with Crippen molar-refractivity contribution in [1.29, 1.82) is 0 Å². The molecular weight excluding hydrogens is 332 g/mol. The number of aliphatic hydroxyl groups is 1. The summed E-state index contributed by atoms with van der Waals surface area (Å²) in [6.45, 7) is 5.18. The van der Waals surface area contributed by atoms with Crippen LogP contribution in [-0.4, -0.2) is 27.9 Å². The average Bonchev–Trinajstić information content (AvgIpc) is 3.14. The minimum atomic E-state index is -1.59. The van der Waals surface area contributed by atoms with E-state index >= 15 is 0 Å². The Balaban J connectivity index is 1.72. The Morgan fingerprint density at radius 1 is 1.12 bits per heavy atom. The van der Waals surface area contributed by atoms with Gasteiger partial charge >= 0.3 is 5.97 Å². The summed E-state index contributed by atoms with van der Waals surface area (Å²) in [6.07, 6.45) is 0. The van der Waals surface area contributed by atoms with Crippen LogP contribution in [0.2, 0.25) is 0 Å². The number of ether oxygens (including phenoxy) is 1. The normalized spacial score (nSPS) is 13.2. The molecule has 1 unspecified atom stereocenters. The van der Waals surface area contributed by atoms with Gasteiger partial charge in [-0.15, -0.1) is 10.2 Å². The highest BCUT2D eigenvalue weighted by Gasteiger charge is 2.32. The minimum Gasteiger partial charge on any atom is -0.458 e. The molecule has 0 saturated carbocycles. The van der Waals surface area contributed by atoms with Crippen molar-refractivity contribution in [1.82, 2.24) is 10.2 Å². The van der Waals surface area contributed by atoms with Gasteiger partial charge in [0.25, 0.3) is 5.89 Å². The van der Waals surface area contributed by atoms with Crippen molar-refractivity contribution >= 4 is 5.97 Å². The predicted molar refractivity (Wildman–Crippen MR) is 95.5 cm³/mol. The molecule has 2 aromatic carbocycles. The van der Waals surface area contributed by atoms with Crippen molar-refractivity contribution in [2.45, 2.75) is 26.4 Å². The maximum Gasteiger partial charge on any atom is 0.338 e. The van der Waals surface area contributed by atoms with Gasteiger partial charge in [-0.05, 0) is 56.2 Å². The third-order valence-corrected chi connectivity index (χ3v) is 4.13. The Morgan fingerprint density at radius 2 is 1.85 bits per heavy atom. The van der Waals surface area contributed by atoms with E-state index in [0.29, 0.717) is 11.5 Å². The van der Waals surface area contributed by atoms with Crippen LogP contribution in [0.4, 0.5) is 0 Å². The summed E-state index contributed by atoms with van der Waals surface area (Å²) in [5.74, 6) is -0.232. The molecule has 0 saturated heterocycles. The van der Waals surface area contributed by atoms with Crippen LogP contribution < -0.4 is 0 Å². The molecular formula is C20H20N2O4. The van der Waals surface area contributed by atoms with Gasteiger partial charge in [0.1, 0.15) is 6.61 Å². The Labute approximate surface area is 151 Å². The molecule has 0 aliphatic carbocycles. The SMILES string of the molecule is Cc1ccc(-c2nnc(C(C)(O)COC(=O)c3ccccc3)o2)cc1C. The standard InChI is InChI=1S/C20H20N2O4/c1-13-9-10-16(11-14(13)2)17-21-22-19(26-17)20(3,24)12-25-18(23)15-7-5-4-6-8-15/h4-11,24H,12H2,1-3H3. The Hall–Kier alpha value is -2.99. The first-order chi connectivity index (χ1) is 12.4. The van der Waals surface area contributed by atoms with Gasteiger partial charge in [-0.3, -0.25) is 0 Å². The molecule has 0 amide bonds. The van der Waals surface area contributed by atoms with Crippen LogP contribution >= 0.6 is 0 Å². The van der Waals surface area contributed by atoms with E-state index in [1.165, 1.54) is 6.92 Å². The third-order valence-electron chi connectivity index (χ3n) is 4.13. The van der Waals surface area contributed by atoms with E-state index in [-0.39, 0.29) is 12.5 Å². The van der Waals surface area contributed by atoms with Crippen LogP contribution in [0.25, 0.3) is 11.5 Å². The lowest BCUT2D eigenvalue weighted by Gasteiger charge is -2.18. The fourth-order valence-electron chi connectivity index (χ4n) is 2.36. The fraction of sp³-hybridized carbons (Fsp3) is 0.250. The number of benzene rings is 2. The lowest BCUT2D eigenvalue weighted by Crippen LogP contribution is -2.29. The molecule has 1 atom stereocenters. The number of esters is 1. The highest BCUT2D eigenvalue weighted by molar-refractivity contribution is 5.89. The molecule has 1 heterocycles. The van der Waals surface area contributed by atoms with E-state index in [2.05, 4.69) is 10.2 Å². The maximum atomic E-state index is 12.0. The van der Waals surface area contributed by atoms with Crippen molar-refractivity contribution in [3.63, 3.8) is 0 Å². The Bertz CT molecular complexity index is 917. The van der Waals surface area contributed by atoms with Crippen LogP contribution in [-0.2, 0) is 10.3 Å². The van der Waals surface area contributed by atoms with Crippen molar-refractivity contribution in [2.75, 3.05) is 6.61 Å². The van der Waals surface area contributed by atoms with E-state index in [0.717, 1.165) is 16.7 Å². The van der Waals surface area contributed by atoms with Gasteiger partial charge in [0, 0.05) is 5.56 Å². The molecule has 26 heavy (non-hydrogen) atoms. The van der Waals surface area contributed by atoms with Gasteiger partial charge < -0.3 is 14.3 Å². The third kappa shape index (κ3) is 3.81. The highest BCUT2D eigenvalue weighted by atomic mass is 16.5. The molecule has 0 radical (unpaired) electrons. The van der Waals surface area contributed by atoms with E-state index in [4.69, 9.17) is 9.15 Å². The average molecular weight is 352 g/mol. The molecule has 0 aliphatic heterocycles. The van der Waals surface area contributed by atoms with Crippen LogP contribution in [0.3, 0.4) is 0 Å². The Kier molecular flexibility index (Phi) is 4.86. The van der Waals surface area contributed by atoms with E-state index < -0.39 is 11.6 Å². The molecule has 134 valence electrons. The van der Waals surface area contributed by atoms with Gasteiger partial charge in [0.05, 0.1) is 5.56 Å². The first-order valence-electron chi connectivity index (χ1n) is 8.23.